The number of alkyl halides is 3. The summed E-state index contributed by atoms with van der Waals surface area (Å²) in [6, 6.07) is 14.5. The molecular formula is C22H18ClF3N2O4S2. The number of rotatable bonds is 8. The summed E-state index contributed by atoms with van der Waals surface area (Å²) in [5.41, 5.74) is -0.657. The van der Waals surface area contributed by atoms with Crippen molar-refractivity contribution >= 4 is 50.7 Å². The highest BCUT2D eigenvalue weighted by Crippen LogP contribution is 2.32. The molecule has 34 heavy (non-hydrogen) atoms. The number of sulfonamides is 1. The van der Waals surface area contributed by atoms with E-state index in [-0.39, 0.29) is 28.0 Å². The van der Waals surface area contributed by atoms with Gasteiger partial charge in [0.25, 0.3) is 15.9 Å². The molecule has 0 aliphatic rings. The summed E-state index contributed by atoms with van der Waals surface area (Å²) in [4.78, 5) is 12.8. The third kappa shape index (κ3) is 6.81. The number of benzene rings is 3. The van der Waals surface area contributed by atoms with Crippen LogP contribution in [0, 0.1) is 0 Å². The molecule has 0 radical (unpaired) electrons. The Hall–Kier alpha value is -2.89. The summed E-state index contributed by atoms with van der Waals surface area (Å²) in [7, 11) is -4.23. The van der Waals surface area contributed by atoms with Crippen molar-refractivity contribution in [1.82, 2.24) is 0 Å². The zero-order chi connectivity index (χ0) is 24.9. The fraction of sp³-hybridized carbons (Fsp3) is 0.136. The van der Waals surface area contributed by atoms with E-state index in [4.69, 9.17) is 16.3 Å². The number of hydrogen-bond donors (Lipinski definition) is 2. The molecule has 6 nitrogen and oxygen atoms in total. The largest absolute Gasteiger partial charge is 0.482 e. The molecule has 3 aromatic carbocycles. The standard InChI is InChI=1S/C22H18ClF3N2O4S2/c1-33-17-7-3-5-15(11-17)27-21(29)13-32-20-9-8-18(12-19(20)23)34(30,31)28-16-6-2-4-14(10-16)22(24,25)26/h2-12,28H,13H2,1H3,(H,27,29). The molecule has 0 aromatic heterocycles. The Kier molecular flexibility index (Phi) is 8.01. The van der Waals surface area contributed by atoms with Crippen molar-refractivity contribution in [2.75, 3.05) is 22.9 Å². The molecule has 0 bridgehead atoms. The Morgan fingerprint density at radius 1 is 1.03 bits per heavy atom. The molecule has 180 valence electrons. The third-order valence-corrected chi connectivity index (χ3v) is 6.77. The van der Waals surface area contributed by atoms with Crippen LogP contribution in [0.4, 0.5) is 24.5 Å². The normalized spacial score (nSPS) is 11.7. The van der Waals surface area contributed by atoms with Gasteiger partial charge in [0.15, 0.2) is 6.61 Å². The van der Waals surface area contributed by atoms with Gasteiger partial charge >= 0.3 is 6.18 Å². The van der Waals surface area contributed by atoms with Gasteiger partial charge < -0.3 is 10.1 Å². The second-order valence-corrected chi connectivity index (χ2v) is 9.81. The lowest BCUT2D eigenvalue weighted by Crippen LogP contribution is -2.20. The minimum absolute atomic E-state index is 0.0627. The molecule has 0 spiro atoms. The number of anilines is 2. The Morgan fingerprint density at radius 3 is 2.41 bits per heavy atom. The average Bonchev–Trinajstić information content (AvgIpc) is 2.77. The first-order valence-electron chi connectivity index (χ1n) is 9.54. The minimum atomic E-state index is -4.62. The second kappa shape index (κ2) is 10.6. The van der Waals surface area contributed by atoms with E-state index in [9.17, 15) is 26.4 Å². The lowest BCUT2D eigenvalue weighted by atomic mass is 10.2. The van der Waals surface area contributed by atoms with Crippen LogP contribution in [0.1, 0.15) is 5.56 Å². The number of amides is 1. The molecular weight excluding hydrogens is 513 g/mol. The quantitative estimate of drug-likeness (QED) is 0.354. The van der Waals surface area contributed by atoms with Crippen LogP contribution in [-0.2, 0) is 21.0 Å². The SMILES string of the molecule is CSc1cccc(NC(=O)COc2ccc(S(=O)(=O)Nc3cccc(C(F)(F)F)c3)cc2Cl)c1. The summed E-state index contributed by atoms with van der Waals surface area (Å²) < 4.78 is 71.3. The summed E-state index contributed by atoms with van der Waals surface area (Å²) >= 11 is 7.63. The molecule has 0 atom stereocenters. The second-order valence-electron chi connectivity index (χ2n) is 6.85. The van der Waals surface area contributed by atoms with Crippen LogP contribution < -0.4 is 14.8 Å². The molecule has 0 saturated heterocycles. The lowest BCUT2D eigenvalue weighted by Gasteiger charge is -2.13. The van der Waals surface area contributed by atoms with E-state index in [1.54, 1.807) is 18.2 Å². The molecule has 0 fully saturated rings. The van der Waals surface area contributed by atoms with Crippen molar-refractivity contribution in [2.45, 2.75) is 16.0 Å². The van der Waals surface area contributed by atoms with E-state index in [1.807, 2.05) is 12.3 Å². The number of thioether (sulfide) groups is 1. The van der Waals surface area contributed by atoms with E-state index in [1.165, 1.54) is 23.9 Å². The molecule has 0 unspecified atom stereocenters. The Bertz CT molecular complexity index is 1300. The molecule has 0 heterocycles. The van der Waals surface area contributed by atoms with Crippen LogP contribution in [0.25, 0.3) is 0 Å². The molecule has 3 aromatic rings. The summed E-state index contributed by atoms with van der Waals surface area (Å²) in [6.07, 6.45) is -2.71. The summed E-state index contributed by atoms with van der Waals surface area (Å²) in [5, 5.41) is 2.58. The van der Waals surface area contributed by atoms with Crippen molar-refractivity contribution in [3.05, 3.63) is 77.3 Å². The lowest BCUT2D eigenvalue weighted by molar-refractivity contribution is -0.137. The number of halogens is 4. The smallest absolute Gasteiger partial charge is 0.416 e. The molecule has 2 N–H and O–H groups in total. The zero-order valence-electron chi connectivity index (χ0n) is 17.5. The highest BCUT2D eigenvalue weighted by Gasteiger charge is 2.30. The van der Waals surface area contributed by atoms with Crippen molar-refractivity contribution in [2.24, 2.45) is 0 Å². The van der Waals surface area contributed by atoms with Gasteiger partial charge in [0.05, 0.1) is 15.5 Å². The number of carbonyl (C=O) groups is 1. The highest BCUT2D eigenvalue weighted by atomic mass is 35.5. The Balaban J connectivity index is 1.66. The number of nitrogens with one attached hydrogen (secondary N) is 2. The van der Waals surface area contributed by atoms with Crippen molar-refractivity contribution in [3.8, 4) is 5.75 Å². The molecule has 12 heteroatoms. The van der Waals surface area contributed by atoms with E-state index in [0.29, 0.717) is 11.8 Å². The predicted octanol–water partition coefficient (Wildman–Crippen LogP) is 5.90. The van der Waals surface area contributed by atoms with Gasteiger partial charge in [-0.25, -0.2) is 8.42 Å². The van der Waals surface area contributed by atoms with E-state index < -0.39 is 27.7 Å². The molecule has 3 rings (SSSR count). The molecule has 0 aliphatic heterocycles. The maximum absolute atomic E-state index is 12.9. The first-order chi connectivity index (χ1) is 16.0. The summed E-state index contributed by atoms with van der Waals surface area (Å²) in [6.45, 7) is -0.377. The number of ether oxygens (including phenoxy) is 1. The van der Waals surface area contributed by atoms with Crippen molar-refractivity contribution in [1.29, 1.82) is 0 Å². The van der Waals surface area contributed by atoms with Gasteiger partial charge in [-0.1, -0.05) is 23.7 Å². The van der Waals surface area contributed by atoms with Gasteiger partial charge in [-0.05, 0) is 60.9 Å². The van der Waals surface area contributed by atoms with Crippen LogP contribution in [0.15, 0.2) is 76.5 Å². The maximum Gasteiger partial charge on any atom is 0.416 e. The van der Waals surface area contributed by atoms with Crippen molar-refractivity contribution in [3.63, 3.8) is 0 Å². The van der Waals surface area contributed by atoms with Crippen LogP contribution >= 0.6 is 23.4 Å². The van der Waals surface area contributed by atoms with Gasteiger partial charge in [-0.2, -0.15) is 13.2 Å². The topological polar surface area (TPSA) is 84.5 Å². The van der Waals surface area contributed by atoms with Crippen LogP contribution in [0.3, 0.4) is 0 Å². The highest BCUT2D eigenvalue weighted by molar-refractivity contribution is 7.98. The molecule has 0 saturated carbocycles. The van der Waals surface area contributed by atoms with Crippen LogP contribution in [-0.4, -0.2) is 27.2 Å². The average molecular weight is 531 g/mol. The fourth-order valence-electron chi connectivity index (χ4n) is 2.78. The van der Waals surface area contributed by atoms with Gasteiger partial charge in [0.1, 0.15) is 5.75 Å². The van der Waals surface area contributed by atoms with Gasteiger partial charge in [-0.15, -0.1) is 11.8 Å². The Morgan fingerprint density at radius 2 is 1.74 bits per heavy atom. The third-order valence-electron chi connectivity index (χ3n) is 4.37. The first kappa shape index (κ1) is 25.7. The number of hydrogen-bond acceptors (Lipinski definition) is 5. The van der Waals surface area contributed by atoms with Crippen LogP contribution in [0.2, 0.25) is 5.02 Å². The van der Waals surface area contributed by atoms with Gasteiger partial charge in [-0.3, -0.25) is 9.52 Å². The zero-order valence-corrected chi connectivity index (χ0v) is 19.9. The minimum Gasteiger partial charge on any atom is -0.482 e. The maximum atomic E-state index is 12.9. The van der Waals surface area contributed by atoms with Gasteiger partial charge in [0, 0.05) is 16.3 Å². The monoisotopic (exact) mass is 530 g/mol. The first-order valence-corrected chi connectivity index (χ1v) is 12.6. The number of carbonyl (C=O) groups excluding carboxylic acids is 1. The predicted molar refractivity (Wildman–Crippen MR) is 126 cm³/mol. The van der Waals surface area contributed by atoms with E-state index in [0.717, 1.165) is 29.2 Å². The Labute approximate surface area is 203 Å². The van der Waals surface area contributed by atoms with E-state index in [2.05, 4.69) is 10.0 Å². The van der Waals surface area contributed by atoms with Crippen LogP contribution in [0.5, 0.6) is 5.75 Å². The van der Waals surface area contributed by atoms with E-state index >= 15 is 0 Å². The fourth-order valence-corrected chi connectivity index (χ4v) is 4.61. The molecule has 1 amide bonds. The summed E-state index contributed by atoms with van der Waals surface area (Å²) in [5.74, 6) is -0.384. The van der Waals surface area contributed by atoms with Gasteiger partial charge in [0.2, 0.25) is 0 Å². The van der Waals surface area contributed by atoms with Crippen molar-refractivity contribution < 1.29 is 31.1 Å². The molecule has 0 aliphatic carbocycles.